The summed E-state index contributed by atoms with van der Waals surface area (Å²) >= 11 is 0. The van der Waals surface area contributed by atoms with Crippen molar-refractivity contribution in [3.8, 4) is 0 Å². The normalized spacial score (nSPS) is 19.3. The molecule has 2 aliphatic heterocycles. The van der Waals surface area contributed by atoms with E-state index < -0.39 is 23.7 Å². The Morgan fingerprint density at radius 1 is 1.19 bits per heavy atom. The van der Waals surface area contributed by atoms with Gasteiger partial charge in [-0.25, -0.2) is 14.4 Å². The standard InChI is InChI=1S/C25H29F4N5O2/c1-15-2-7-22(35)34(12-15)13-18(30)11-23(36)33-9-8-19-20(14-33)31-21(32-24(19)25(27,28)29)10-16-3-5-17(26)6-4-16/h3-6,15,18H,2,7-14,30H2,1H3/t15-,18-/m1/s1. The van der Waals surface area contributed by atoms with Gasteiger partial charge in [-0.2, -0.15) is 13.2 Å². The lowest BCUT2D eigenvalue weighted by molar-refractivity contribution is -0.142. The average molecular weight is 508 g/mol. The second kappa shape index (κ2) is 10.5. The number of likely N-dealkylation sites (tertiary alicyclic amines) is 1. The van der Waals surface area contributed by atoms with Gasteiger partial charge in [0.15, 0.2) is 5.69 Å². The number of alkyl halides is 3. The average Bonchev–Trinajstić information content (AvgIpc) is 2.81. The van der Waals surface area contributed by atoms with Crippen LogP contribution in [0.2, 0.25) is 0 Å². The highest BCUT2D eigenvalue weighted by molar-refractivity contribution is 5.78. The maximum atomic E-state index is 13.8. The van der Waals surface area contributed by atoms with Gasteiger partial charge in [0.2, 0.25) is 11.8 Å². The van der Waals surface area contributed by atoms with Crippen LogP contribution in [0.1, 0.15) is 54.5 Å². The van der Waals surface area contributed by atoms with Crippen LogP contribution in [-0.2, 0) is 35.2 Å². The molecule has 2 atom stereocenters. The number of piperidine rings is 1. The summed E-state index contributed by atoms with van der Waals surface area (Å²) in [6.45, 7) is 2.95. The van der Waals surface area contributed by atoms with Crippen molar-refractivity contribution in [2.24, 2.45) is 11.7 Å². The molecule has 4 rings (SSSR count). The van der Waals surface area contributed by atoms with E-state index in [2.05, 4.69) is 16.9 Å². The number of carbonyl (C=O) groups excluding carboxylic acids is 2. The molecule has 36 heavy (non-hydrogen) atoms. The fraction of sp³-hybridized carbons (Fsp3) is 0.520. The topological polar surface area (TPSA) is 92.4 Å². The maximum absolute atomic E-state index is 13.8. The van der Waals surface area contributed by atoms with Gasteiger partial charge in [-0.05, 0) is 36.5 Å². The zero-order chi connectivity index (χ0) is 26.0. The summed E-state index contributed by atoms with van der Waals surface area (Å²) in [5.41, 5.74) is 5.90. The van der Waals surface area contributed by atoms with E-state index in [-0.39, 0.29) is 67.8 Å². The van der Waals surface area contributed by atoms with E-state index in [1.807, 2.05) is 0 Å². The molecule has 0 aliphatic carbocycles. The molecular formula is C25H29F4N5O2. The number of nitrogens with zero attached hydrogens (tertiary/aromatic N) is 4. The number of hydrogen-bond donors (Lipinski definition) is 1. The van der Waals surface area contributed by atoms with Crippen molar-refractivity contribution >= 4 is 11.8 Å². The van der Waals surface area contributed by atoms with Crippen LogP contribution < -0.4 is 5.73 Å². The van der Waals surface area contributed by atoms with Crippen molar-refractivity contribution in [3.05, 3.63) is 58.4 Å². The summed E-state index contributed by atoms with van der Waals surface area (Å²) in [6, 6.07) is 4.81. The first-order valence-electron chi connectivity index (χ1n) is 12.0. The first kappa shape index (κ1) is 26.0. The highest BCUT2D eigenvalue weighted by atomic mass is 19.4. The van der Waals surface area contributed by atoms with Crippen LogP contribution >= 0.6 is 0 Å². The van der Waals surface area contributed by atoms with Crippen molar-refractivity contribution in [3.63, 3.8) is 0 Å². The van der Waals surface area contributed by atoms with Crippen molar-refractivity contribution in [1.29, 1.82) is 0 Å². The summed E-state index contributed by atoms with van der Waals surface area (Å²) in [4.78, 5) is 36.3. The third-order valence-corrected chi connectivity index (χ3v) is 6.64. The molecule has 2 N–H and O–H groups in total. The minimum atomic E-state index is -4.67. The van der Waals surface area contributed by atoms with E-state index in [9.17, 15) is 27.2 Å². The molecule has 7 nitrogen and oxygen atoms in total. The van der Waals surface area contributed by atoms with Gasteiger partial charge in [-0.3, -0.25) is 9.59 Å². The lowest BCUT2D eigenvalue weighted by Gasteiger charge is -2.34. The smallest absolute Gasteiger partial charge is 0.341 e. The van der Waals surface area contributed by atoms with Gasteiger partial charge < -0.3 is 15.5 Å². The Labute approximate surface area is 206 Å². The third-order valence-electron chi connectivity index (χ3n) is 6.64. The number of hydrogen-bond acceptors (Lipinski definition) is 5. The molecular weight excluding hydrogens is 478 g/mol. The van der Waals surface area contributed by atoms with E-state index in [0.717, 1.165) is 6.42 Å². The van der Waals surface area contributed by atoms with E-state index in [1.165, 1.54) is 29.2 Å². The minimum absolute atomic E-state index is 0.00224. The number of halogens is 4. The Morgan fingerprint density at radius 2 is 1.92 bits per heavy atom. The Kier molecular flexibility index (Phi) is 7.58. The molecule has 1 fully saturated rings. The highest BCUT2D eigenvalue weighted by Crippen LogP contribution is 2.34. The summed E-state index contributed by atoms with van der Waals surface area (Å²) in [5, 5.41) is 0. The molecule has 1 aromatic heterocycles. The summed E-state index contributed by atoms with van der Waals surface area (Å²) in [6.07, 6.45) is -3.42. The van der Waals surface area contributed by atoms with Crippen LogP contribution in [0, 0.1) is 11.7 Å². The molecule has 1 aromatic carbocycles. The molecule has 2 aliphatic rings. The molecule has 2 aromatic rings. The number of carbonyl (C=O) groups is 2. The van der Waals surface area contributed by atoms with Crippen molar-refractivity contribution < 1.29 is 27.2 Å². The fourth-order valence-corrected chi connectivity index (χ4v) is 4.77. The Bertz CT molecular complexity index is 1120. The van der Waals surface area contributed by atoms with Crippen LogP contribution in [-0.4, -0.2) is 57.3 Å². The molecule has 1 saturated heterocycles. The maximum Gasteiger partial charge on any atom is 0.433 e. The lowest BCUT2D eigenvalue weighted by Crippen LogP contribution is -2.48. The Hall–Kier alpha value is -3.08. The van der Waals surface area contributed by atoms with Gasteiger partial charge in [0.05, 0.1) is 12.2 Å². The van der Waals surface area contributed by atoms with Crippen LogP contribution in [0.15, 0.2) is 24.3 Å². The van der Waals surface area contributed by atoms with Crippen LogP contribution in [0.25, 0.3) is 0 Å². The highest BCUT2D eigenvalue weighted by Gasteiger charge is 2.39. The summed E-state index contributed by atoms with van der Waals surface area (Å²) < 4.78 is 54.6. The zero-order valence-electron chi connectivity index (χ0n) is 20.0. The largest absolute Gasteiger partial charge is 0.433 e. The monoisotopic (exact) mass is 507 g/mol. The second-order valence-corrected chi connectivity index (χ2v) is 9.69. The van der Waals surface area contributed by atoms with Crippen molar-refractivity contribution in [2.75, 3.05) is 19.6 Å². The van der Waals surface area contributed by atoms with Crippen molar-refractivity contribution in [2.45, 2.75) is 57.8 Å². The number of aromatic nitrogens is 2. The van der Waals surface area contributed by atoms with Crippen LogP contribution in [0.3, 0.4) is 0 Å². The van der Waals surface area contributed by atoms with Gasteiger partial charge in [0.1, 0.15) is 11.6 Å². The minimum Gasteiger partial charge on any atom is -0.341 e. The molecule has 2 amide bonds. The predicted molar refractivity (Wildman–Crippen MR) is 123 cm³/mol. The summed E-state index contributed by atoms with van der Waals surface area (Å²) in [5.74, 6) is -0.397. The number of benzene rings is 1. The van der Waals surface area contributed by atoms with E-state index >= 15 is 0 Å². The molecule has 194 valence electrons. The molecule has 0 bridgehead atoms. The first-order chi connectivity index (χ1) is 17.0. The lowest BCUT2D eigenvalue weighted by atomic mass is 9.98. The van der Waals surface area contributed by atoms with Gasteiger partial charge in [-0.1, -0.05) is 19.1 Å². The molecule has 3 heterocycles. The van der Waals surface area contributed by atoms with Crippen LogP contribution in [0.5, 0.6) is 0 Å². The predicted octanol–water partition coefficient (Wildman–Crippen LogP) is 3.09. The van der Waals surface area contributed by atoms with Crippen LogP contribution in [0.4, 0.5) is 17.6 Å². The zero-order valence-corrected chi connectivity index (χ0v) is 20.0. The van der Waals surface area contributed by atoms with E-state index in [1.54, 1.807) is 4.90 Å². The second-order valence-electron chi connectivity index (χ2n) is 9.69. The Morgan fingerprint density at radius 3 is 2.61 bits per heavy atom. The summed E-state index contributed by atoms with van der Waals surface area (Å²) in [7, 11) is 0. The number of nitrogens with two attached hydrogens (primary N) is 1. The van der Waals surface area contributed by atoms with E-state index in [0.29, 0.717) is 24.4 Å². The van der Waals surface area contributed by atoms with Gasteiger partial charge in [0.25, 0.3) is 0 Å². The molecule has 0 saturated carbocycles. The molecule has 0 radical (unpaired) electrons. The van der Waals surface area contributed by atoms with Gasteiger partial charge >= 0.3 is 6.18 Å². The van der Waals surface area contributed by atoms with Gasteiger partial charge in [0, 0.05) is 50.5 Å². The SMILES string of the molecule is C[C@@H]1CCC(=O)N(C[C@H](N)CC(=O)N2CCc3c(nc(Cc4ccc(F)cc4)nc3C(F)(F)F)C2)C1. The Balaban J connectivity index is 1.47. The first-order valence-corrected chi connectivity index (χ1v) is 12.0. The molecule has 0 unspecified atom stereocenters. The van der Waals surface area contributed by atoms with Crippen molar-refractivity contribution in [1.82, 2.24) is 19.8 Å². The number of fused-ring (bicyclic) bond motifs is 1. The number of amides is 2. The quantitative estimate of drug-likeness (QED) is 0.607. The molecule has 0 spiro atoms. The van der Waals surface area contributed by atoms with E-state index in [4.69, 9.17) is 5.73 Å². The fourth-order valence-electron chi connectivity index (χ4n) is 4.77. The van der Waals surface area contributed by atoms with Gasteiger partial charge in [-0.15, -0.1) is 0 Å². The third kappa shape index (κ3) is 6.18. The molecule has 11 heteroatoms. The number of rotatable bonds is 6.